The van der Waals surface area contributed by atoms with Crippen LogP contribution in [0.3, 0.4) is 0 Å². The molecule has 0 spiro atoms. The highest BCUT2D eigenvalue weighted by molar-refractivity contribution is 5.99. The maximum atomic E-state index is 12.9. The van der Waals surface area contributed by atoms with Crippen LogP contribution in [0.4, 0.5) is 10.1 Å². The molecule has 0 bridgehead atoms. The van der Waals surface area contributed by atoms with Gasteiger partial charge in [0.05, 0.1) is 18.2 Å². The minimum Gasteiger partial charge on any atom is -0.364 e. The van der Waals surface area contributed by atoms with Crippen LogP contribution in [0, 0.1) is 17.1 Å². The number of nitrogens with zero attached hydrogens (tertiary/aromatic N) is 2. The number of carbonyl (C=O) groups excluding carboxylic acids is 1. The molecule has 0 heterocycles. The molecule has 21 heavy (non-hydrogen) atoms. The fraction of sp³-hybridized carbons (Fsp3) is 0.176. The zero-order valence-corrected chi connectivity index (χ0v) is 11.7. The number of carbonyl (C=O) groups is 1. The highest BCUT2D eigenvalue weighted by atomic mass is 19.1. The molecule has 0 saturated carbocycles. The second kappa shape index (κ2) is 6.67. The summed E-state index contributed by atoms with van der Waals surface area (Å²) in [6, 6.07) is 14.6. The third-order valence-corrected chi connectivity index (χ3v) is 3.24. The number of anilines is 1. The number of benzene rings is 2. The summed E-state index contributed by atoms with van der Waals surface area (Å²) in [7, 11) is 0. The van der Waals surface area contributed by atoms with E-state index in [1.165, 1.54) is 12.1 Å². The Morgan fingerprint density at radius 3 is 2.29 bits per heavy atom. The van der Waals surface area contributed by atoms with Gasteiger partial charge in [0.25, 0.3) is 0 Å². The Morgan fingerprint density at radius 2 is 1.76 bits per heavy atom. The zero-order valence-electron chi connectivity index (χ0n) is 11.7. The van der Waals surface area contributed by atoms with Crippen LogP contribution in [0.15, 0.2) is 48.5 Å². The lowest BCUT2D eigenvalue weighted by atomic mass is 10.1. The van der Waals surface area contributed by atoms with E-state index in [0.29, 0.717) is 17.7 Å². The number of halogens is 1. The maximum Gasteiger partial charge on any atom is 0.182 e. The molecule has 0 aliphatic carbocycles. The molecule has 3 nitrogen and oxygen atoms in total. The van der Waals surface area contributed by atoms with Gasteiger partial charge in [-0.3, -0.25) is 4.79 Å². The van der Waals surface area contributed by atoms with Crippen LogP contribution in [0.2, 0.25) is 0 Å². The lowest BCUT2D eigenvalue weighted by Gasteiger charge is -2.22. The Hall–Kier alpha value is -2.67. The van der Waals surface area contributed by atoms with Crippen molar-refractivity contribution in [2.45, 2.75) is 6.92 Å². The molecular formula is C17H15FN2O. The van der Waals surface area contributed by atoms with E-state index in [1.54, 1.807) is 36.4 Å². The van der Waals surface area contributed by atoms with E-state index < -0.39 is 0 Å². The van der Waals surface area contributed by atoms with Gasteiger partial charge in [0.15, 0.2) is 5.78 Å². The fourth-order valence-electron chi connectivity index (χ4n) is 2.03. The minimum atomic E-state index is -0.298. The van der Waals surface area contributed by atoms with Gasteiger partial charge in [-0.05, 0) is 43.3 Å². The molecule has 0 N–H and O–H groups in total. The first kappa shape index (κ1) is 14.7. The number of hydrogen-bond donors (Lipinski definition) is 0. The highest BCUT2D eigenvalue weighted by Gasteiger charge is 2.12. The second-order valence-corrected chi connectivity index (χ2v) is 4.60. The topological polar surface area (TPSA) is 44.1 Å². The number of ketones is 1. The molecule has 0 aliphatic rings. The van der Waals surface area contributed by atoms with Crippen molar-refractivity contribution in [3.05, 3.63) is 65.5 Å². The summed E-state index contributed by atoms with van der Waals surface area (Å²) in [6.45, 7) is 2.80. The minimum absolute atomic E-state index is 0.0364. The zero-order chi connectivity index (χ0) is 15.2. The Kier molecular flexibility index (Phi) is 4.68. The van der Waals surface area contributed by atoms with Crippen molar-refractivity contribution >= 4 is 11.5 Å². The number of Topliss-reactive ketones (excluding diaryl/α,β-unsaturated/α-hetero) is 1. The first-order valence-electron chi connectivity index (χ1n) is 6.68. The Morgan fingerprint density at radius 1 is 1.14 bits per heavy atom. The normalized spacial score (nSPS) is 9.95. The summed E-state index contributed by atoms with van der Waals surface area (Å²) in [5.41, 5.74) is 1.90. The fourth-order valence-corrected chi connectivity index (χ4v) is 2.03. The number of likely N-dealkylation sites (N-methyl/N-ethyl adjacent to an activating group) is 1. The van der Waals surface area contributed by atoms with Gasteiger partial charge >= 0.3 is 0 Å². The van der Waals surface area contributed by atoms with Crippen molar-refractivity contribution in [2.75, 3.05) is 18.0 Å². The molecule has 0 aliphatic heterocycles. The lowest BCUT2D eigenvalue weighted by molar-refractivity contribution is 0.0999. The van der Waals surface area contributed by atoms with Crippen LogP contribution < -0.4 is 4.90 Å². The van der Waals surface area contributed by atoms with E-state index in [-0.39, 0.29) is 18.1 Å². The predicted octanol–water partition coefficient (Wildman–Crippen LogP) is 3.41. The van der Waals surface area contributed by atoms with Crippen LogP contribution in [0.5, 0.6) is 0 Å². The molecule has 0 fully saturated rings. The van der Waals surface area contributed by atoms with E-state index in [1.807, 2.05) is 17.9 Å². The number of nitriles is 1. The van der Waals surface area contributed by atoms with Crippen molar-refractivity contribution in [3.63, 3.8) is 0 Å². The second-order valence-electron chi connectivity index (χ2n) is 4.60. The standard InChI is InChI=1S/C17H15FN2O/c1-2-20(16-9-7-15(18)8-10-16)12-17(21)14-5-3-13(11-19)4-6-14/h3-10H,2,12H2,1H3. The van der Waals surface area contributed by atoms with Crippen molar-refractivity contribution in [1.82, 2.24) is 0 Å². The quantitative estimate of drug-likeness (QED) is 0.789. The first-order valence-corrected chi connectivity index (χ1v) is 6.68. The molecule has 2 rings (SSSR count). The van der Waals surface area contributed by atoms with Gasteiger partial charge in [0.2, 0.25) is 0 Å². The largest absolute Gasteiger partial charge is 0.364 e. The van der Waals surface area contributed by atoms with Crippen molar-refractivity contribution in [2.24, 2.45) is 0 Å². The average molecular weight is 282 g/mol. The highest BCUT2D eigenvalue weighted by Crippen LogP contribution is 2.15. The lowest BCUT2D eigenvalue weighted by Crippen LogP contribution is -2.29. The molecule has 106 valence electrons. The summed E-state index contributed by atoms with van der Waals surface area (Å²) in [6.07, 6.45) is 0. The van der Waals surface area contributed by atoms with Gasteiger partial charge in [-0.1, -0.05) is 12.1 Å². The van der Waals surface area contributed by atoms with Gasteiger partial charge in [0.1, 0.15) is 5.82 Å². The molecule has 0 aromatic heterocycles. The SMILES string of the molecule is CCN(CC(=O)c1ccc(C#N)cc1)c1ccc(F)cc1. The van der Waals surface area contributed by atoms with Crippen molar-refractivity contribution in [3.8, 4) is 6.07 Å². The van der Waals surface area contributed by atoms with Gasteiger partial charge in [-0.15, -0.1) is 0 Å². The van der Waals surface area contributed by atoms with Crippen LogP contribution in [0.1, 0.15) is 22.8 Å². The van der Waals surface area contributed by atoms with Gasteiger partial charge < -0.3 is 4.90 Å². The molecule has 0 saturated heterocycles. The maximum absolute atomic E-state index is 12.9. The third kappa shape index (κ3) is 3.67. The predicted molar refractivity (Wildman–Crippen MR) is 79.8 cm³/mol. The third-order valence-electron chi connectivity index (χ3n) is 3.24. The van der Waals surface area contributed by atoms with E-state index in [4.69, 9.17) is 5.26 Å². The van der Waals surface area contributed by atoms with E-state index in [9.17, 15) is 9.18 Å². The molecule has 0 unspecified atom stereocenters. The molecule has 2 aromatic rings. The van der Waals surface area contributed by atoms with E-state index in [2.05, 4.69) is 0 Å². The molecule has 0 radical (unpaired) electrons. The monoisotopic (exact) mass is 282 g/mol. The van der Waals surface area contributed by atoms with Crippen LogP contribution in [-0.2, 0) is 0 Å². The Bertz CT molecular complexity index is 657. The van der Waals surface area contributed by atoms with E-state index in [0.717, 1.165) is 5.69 Å². The first-order chi connectivity index (χ1) is 10.1. The van der Waals surface area contributed by atoms with Crippen LogP contribution in [-0.4, -0.2) is 18.9 Å². The molecule has 0 atom stereocenters. The van der Waals surface area contributed by atoms with Crippen molar-refractivity contribution in [1.29, 1.82) is 5.26 Å². The Balaban J connectivity index is 2.12. The summed E-state index contributed by atoms with van der Waals surface area (Å²) in [5, 5.41) is 8.75. The van der Waals surface area contributed by atoms with Crippen LogP contribution >= 0.6 is 0 Å². The number of hydrogen-bond acceptors (Lipinski definition) is 3. The Labute approximate surface area is 123 Å². The van der Waals surface area contributed by atoms with E-state index >= 15 is 0 Å². The van der Waals surface area contributed by atoms with Gasteiger partial charge in [-0.25, -0.2) is 4.39 Å². The number of rotatable bonds is 5. The van der Waals surface area contributed by atoms with Gasteiger partial charge in [-0.2, -0.15) is 5.26 Å². The molecule has 2 aromatic carbocycles. The van der Waals surface area contributed by atoms with Gasteiger partial charge in [0, 0.05) is 17.8 Å². The summed E-state index contributed by atoms with van der Waals surface area (Å²) < 4.78 is 12.9. The molecule has 4 heteroatoms. The van der Waals surface area contributed by atoms with Crippen LogP contribution in [0.25, 0.3) is 0 Å². The molecule has 0 amide bonds. The molecular weight excluding hydrogens is 267 g/mol. The average Bonchev–Trinajstić information content (AvgIpc) is 2.53. The smallest absolute Gasteiger partial charge is 0.182 e. The summed E-state index contributed by atoms with van der Waals surface area (Å²) in [4.78, 5) is 14.1. The summed E-state index contributed by atoms with van der Waals surface area (Å²) in [5.74, 6) is -0.334. The summed E-state index contributed by atoms with van der Waals surface area (Å²) >= 11 is 0. The van der Waals surface area contributed by atoms with Crippen molar-refractivity contribution < 1.29 is 9.18 Å².